The van der Waals surface area contributed by atoms with Gasteiger partial charge in [0.05, 0.1) is 5.92 Å². The molecule has 4 heteroatoms. The summed E-state index contributed by atoms with van der Waals surface area (Å²) in [6.07, 6.45) is 3.83. The summed E-state index contributed by atoms with van der Waals surface area (Å²) in [5, 5.41) is 10.3. The molecule has 1 atom stereocenters. The van der Waals surface area contributed by atoms with E-state index in [0.29, 0.717) is 6.42 Å². The van der Waals surface area contributed by atoms with Gasteiger partial charge in [-0.1, -0.05) is 6.08 Å². The molecule has 1 rings (SSSR count). The van der Waals surface area contributed by atoms with Gasteiger partial charge < -0.3 is 5.11 Å². The first-order valence-corrected chi connectivity index (χ1v) is 3.71. The predicted octanol–water partition coefficient (Wildman–Crippen LogP) is 1.32. The first-order valence-electron chi connectivity index (χ1n) is 2.88. The summed E-state index contributed by atoms with van der Waals surface area (Å²) in [5.74, 6) is -1.25. The van der Waals surface area contributed by atoms with Crippen LogP contribution in [0.1, 0.15) is 6.42 Å². The molecular weight excluding hydrogens is 150 g/mol. The van der Waals surface area contributed by atoms with Crippen molar-refractivity contribution in [3.05, 3.63) is 11.5 Å². The molecule has 54 valence electrons. The van der Waals surface area contributed by atoms with Gasteiger partial charge in [-0.3, -0.25) is 4.79 Å². The SMILES string of the molecule is O=C(O)C1C=NSC=CC1. The van der Waals surface area contributed by atoms with Crippen LogP contribution in [-0.2, 0) is 4.79 Å². The van der Waals surface area contributed by atoms with Gasteiger partial charge in [-0.25, -0.2) is 4.40 Å². The molecule has 0 amide bonds. The summed E-state index contributed by atoms with van der Waals surface area (Å²) in [6, 6.07) is 0. The number of nitrogens with zero attached hydrogens (tertiary/aromatic N) is 1. The monoisotopic (exact) mass is 157 g/mol. The van der Waals surface area contributed by atoms with E-state index in [2.05, 4.69) is 4.40 Å². The van der Waals surface area contributed by atoms with Gasteiger partial charge >= 0.3 is 5.97 Å². The third-order valence-corrected chi connectivity index (χ3v) is 1.72. The van der Waals surface area contributed by atoms with Gasteiger partial charge in [0.1, 0.15) is 0 Å². The van der Waals surface area contributed by atoms with Gasteiger partial charge in [0.15, 0.2) is 0 Å². The maximum atomic E-state index is 10.4. The number of hydrogen-bond acceptors (Lipinski definition) is 3. The number of rotatable bonds is 1. The van der Waals surface area contributed by atoms with Crippen molar-refractivity contribution < 1.29 is 9.90 Å². The van der Waals surface area contributed by atoms with Crippen LogP contribution >= 0.6 is 11.9 Å². The van der Waals surface area contributed by atoms with Gasteiger partial charge in [0, 0.05) is 18.2 Å². The molecule has 0 aliphatic carbocycles. The minimum Gasteiger partial charge on any atom is -0.481 e. The topological polar surface area (TPSA) is 49.7 Å². The number of aliphatic carboxylic acids is 1. The smallest absolute Gasteiger partial charge is 0.312 e. The average molecular weight is 157 g/mol. The maximum Gasteiger partial charge on any atom is 0.312 e. The van der Waals surface area contributed by atoms with E-state index in [1.807, 2.05) is 6.08 Å². The van der Waals surface area contributed by atoms with Gasteiger partial charge in [0.2, 0.25) is 0 Å². The minimum atomic E-state index is -0.809. The summed E-state index contributed by atoms with van der Waals surface area (Å²) in [4.78, 5) is 10.4. The highest BCUT2D eigenvalue weighted by molar-refractivity contribution is 8.01. The van der Waals surface area contributed by atoms with E-state index in [4.69, 9.17) is 5.11 Å². The number of hydrogen-bond donors (Lipinski definition) is 1. The highest BCUT2D eigenvalue weighted by Crippen LogP contribution is 2.13. The molecule has 10 heavy (non-hydrogen) atoms. The van der Waals surface area contributed by atoms with Crippen LogP contribution < -0.4 is 0 Å². The van der Waals surface area contributed by atoms with Crippen molar-refractivity contribution in [2.45, 2.75) is 6.42 Å². The molecule has 0 aromatic carbocycles. The van der Waals surface area contributed by atoms with Crippen molar-refractivity contribution in [1.82, 2.24) is 0 Å². The Labute approximate surface area is 63.0 Å². The van der Waals surface area contributed by atoms with Crippen molar-refractivity contribution in [3.8, 4) is 0 Å². The van der Waals surface area contributed by atoms with E-state index < -0.39 is 11.9 Å². The van der Waals surface area contributed by atoms with Crippen LogP contribution in [0.3, 0.4) is 0 Å². The second-order valence-corrected chi connectivity index (χ2v) is 2.61. The minimum absolute atomic E-state index is 0.439. The van der Waals surface area contributed by atoms with Crippen molar-refractivity contribution in [3.63, 3.8) is 0 Å². The second kappa shape index (κ2) is 3.41. The molecule has 1 aliphatic rings. The number of allylic oxidation sites excluding steroid dienone is 1. The van der Waals surface area contributed by atoms with Crippen molar-refractivity contribution in [1.29, 1.82) is 0 Å². The van der Waals surface area contributed by atoms with E-state index in [1.165, 1.54) is 18.2 Å². The van der Waals surface area contributed by atoms with Crippen LogP contribution in [0.15, 0.2) is 15.9 Å². The predicted molar refractivity (Wildman–Crippen MR) is 41.0 cm³/mol. The summed E-state index contributed by atoms with van der Waals surface area (Å²) in [7, 11) is 0. The van der Waals surface area contributed by atoms with Gasteiger partial charge in [-0.05, 0) is 11.8 Å². The Morgan fingerprint density at radius 2 is 2.60 bits per heavy atom. The Morgan fingerprint density at radius 1 is 1.80 bits per heavy atom. The summed E-state index contributed by atoms with van der Waals surface area (Å²) >= 11 is 1.26. The quantitative estimate of drug-likeness (QED) is 0.584. The Hall–Kier alpha value is -0.770. The van der Waals surface area contributed by atoms with Crippen LogP contribution in [0.5, 0.6) is 0 Å². The molecule has 0 fully saturated rings. The molecule has 1 aliphatic heterocycles. The molecule has 1 heterocycles. The standard InChI is InChI=1S/C6H7NO2S/c8-6(9)5-2-1-3-10-7-4-5/h1,3-5H,2H2,(H,8,9). The third kappa shape index (κ3) is 1.88. The highest BCUT2D eigenvalue weighted by Gasteiger charge is 2.13. The Morgan fingerprint density at radius 3 is 3.30 bits per heavy atom. The molecule has 0 aromatic rings. The third-order valence-electron chi connectivity index (χ3n) is 1.17. The largest absolute Gasteiger partial charge is 0.481 e. The summed E-state index contributed by atoms with van der Waals surface area (Å²) in [6.45, 7) is 0. The van der Waals surface area contributed by atoms with Crippen molar-refractivity contribution in [2.75, 3.05) is 0 Å². The molecule has 0 bridgehead atoms. The zero-order valence-electron chi connectivity index (χ0n) is 5.23. The van der Waals surface area contributed by atoms with E-state index in [1.54, 1.807) is 5.41 Å². The Bertz CT molecular complexity index is 188. The van der Waals surface area contributed by atoms with E-state index in [-0.39, 0.29) is 0 Å². The fraction of sp³-hybridized carbons (Fsp3) is 0.333. The van der Waals surface area contributed by atoms with Crippen LogP contribution in [0.25, 0.3) is 0 Å². The second-order valence-electron chi connectivity index (χ2n) is 1.91. The molecule has 0 radical (unpaired) electrons. The number of carboxylic acids is 1. The van der Waals surface area contributed by atoms with Gasteiger partial charge in [-0.15, -0.1) is 0 Å². The lowest BCUT2D eigenvalue weighted by Gasteiger charge is -1.98. The molecular formula is C6H7NO2S. The van der Waals surface area contributed by atoms with Crippen molar-refractivity contribution >= 4 is 24.1 Å². The van der Waals surface area contributed by atoms with Crippen LogP contribution in [0.4, 0.5) is 0 Å². The fourth-order valence-electron chi connectivity index (χ4n) is 0.614. The number of carbonyl (C=O) groups is 1. The van der Waals surface area contributed by atoms with Crippen LogP contribution in [0, 0.1) is 5.92 Å². The lowest BCUT2D eigenvalue weighted by Crippen LogP contribution is -2.13. The first-order chi connectivity index (χ1) is 4.80. The van der Waals surface area contributed by atoms with Crippen LogP contribution in [0.2, 0.25) is 0 Å². The molecule has 0 spiro atoms. The molecule has 1 unspecified atom stereocenters. The highest BCUT2D eigenvalue weighted by atomic mass is 32.2. The molecule has 0 saturated carbocycles. The Balaban J connectivity index is 2.60. The Kier molecular flexibility index (Phi) is 2.50. The van der Waals surface area contributed by atoms with E-state index in [9.17, 15) is 4.79 Å². The summed E-state index contributed by atoms with van der Waals surface area (Å²) < 4.78 is 3.80. The average Bonchev–Trinajstić information content (AvgIpc) is 2.12. The fourth-order valence-corrected chi connectivity index (χ4v) is 1.10. The lowest BCUT2D eigenvalue weighted by molar-refractivity contribution is -0.139. The first kappa shape index (κ1) is 7.34. The molecule has 3 nitrogen and oxygen atoms in total. The lowest BCUT2D eigenvalue weighted by atomic mass is 10.1. The van der Waals surface area contributed by atoms with Gasteiger partial charge in [-0.2, -0.15) is 0 Å². The van der Waals surface area contributed by atoms with E-state index >= 15 is 0 Å². The van der Waals surface area contributed by atoms with Gasteiger partial charge in [0.25, 0.3) is 0 Å². The summed E-state index contributed by atoms with van der Waals surface area (Å²) in [5.41, 5.74) is 0. The molecule has 0 saturated heterocycles. The zero-order chi connectivity index (χ0) is 7.40. The van der Waals surface area contributed by atoms with E-state index in [0.717, 1.165) is 0 Å². The van der Waals surface area contributed by atoms with Crippen molar-refractivity contribution in [2.24, 2.45) is 10.3 Å². The number of carboxylic acid groups (broad SMARTS) is 1. The zero-order valence-corrected chi connectivity index (χ0v) is 6.04. The molecule has 0 aromatic heterocycles. The maximum absolute atomic E-state index is 10.4. The van der Waals surface area contributed by atoms with Crippen LogP contribution in [-0.4, -0.2) is 17.3 Å². The molecule has 1 N–H and O–H groups in total. The normalized spacial score (nSPS) is 24.2.